The summed E-state index contributed by atoms with van der Waals surface area (Å²) in [4.78, 5) is 29.8. The van der Waals surface area contributed by atoms with Crippen molar-refractivity contribution in [2.45, 2.75) is 0 Å². The van der Waals surface area contributed by atoms with Gasteiger partial charge < -0.3 is 4.98 Å². The minimum atomic E-state index is -0.506. The van der Waals surface area contributed by atoms with E-state index >= 15 is 0 Å². The Morgan fingerprint density at radius 1 is 1.73 bits per heavy atom. The largest absolute Gasteiger partial charge is 0.344 e. The Balaban J connectivity index is 3.08. The number of rotatable bonds is 1. The average molecular weight is 151 g/mol. The molecule has 1 amide bonds. The molecule has 0 aliphatic heterocycles. The highest BCUT2D eigenvalue weighted by Crippen LogP contribution is 1.92. The van der Waals surface area contributed by atoms with Crippen LogP contribution >= 0.6 is 0 Å². The van der Waals surface area contributed by atoms with Crippen LogP contribution in [0.15, 0.2) is 22.2 Å². The van der Waals surface area contributed by atoms with Gasteiger partial charge in [-0.05, 0) is 6.72 Å². The molecule has 0 radical (unpaired) electrons. The maximum absolute atomic E-state index is 10.7. The van der Waals surface area contributed by atoms with Gasteiger partial charge >= 0.3 is 5.69 Å². The first-order chi connectivity index (χ1) is 5.24. The standard InChI is InChI=1S/C6H5N3O2/c1-7-5(10)4-2-8-6(11)9-3-4/h2-3H,1H2,(H,8,9,11). The highest BCUT2D eigenvalue weighted by Gasteiger charge is 2.00. The number of hydrogen-bond acceptors (Lipinski definition) is 3. The van der Waals surface area contributed by atoms with Crippen molar-refractivity contribution in [1.82, 2.24) is 9.97 Å². The number of H-pyrrole nitrogens is 1. The first-order valence-corrected chi connectivity index (χ1v) is 2.80. The van der Waals surface area contributed by atoms with Crippen molar-refractivity contribution in [3.05, 3.63) is 28.4 Å². The number of nitrogens with one attached hydrogen (secondary N) is 1. The number of nitrogens with zero attached hydrogens (tertiary/aromatic N) is 2. The summed E-state index contributed by atoms with van der Waals surface area (Å²) in [6.07, 6.45) is 2.39. The number of hydrogen-bond donors (Lipinski definition) is 1. The number of amides is 1. The normalized spacial score (nSPS) is 9.09. The molecule has 1 heterocycles. The van der Waals surface area contributed by atoms with E-state index < -0.39 is 11.6 Å². The molecule has 1 aromatic heterocycles. The summed E-state index contributed by atoms with van der Waals surface area (Å²) in [6, 6.07) is 0. The average Bonchev–Trinajstić information content (AvgIpc) is 2.05. The van der Waals surface area contributed by atoms with Gasteiger partial charge in [0.2, 0.25) is 0 Å². The minimum Gasteiger partial charge on any atom is -0.312 e. The van der Waals surface area contributed by atoms with Crippen LogP contribution in [0.25, 0.3) is 0 Å². The molecule has 0 unspecified atom stereocenters. The van der Waals surface area contributed by atoms with Crippen molar-refractivity contribution in [1.29, 1.82) is 0 Å². The van der Waals surface area contributed by atoms with Gasteiger partial charge in [-0.3, -0.25) is 4.79 Å². The van der Waals surface area contributed by atoms with Gasteiger partial charge in [0, 0.05) is 12.4 Å². The number of carbonyl (C=O) groups excluding carboxylic acids is 1. The molecule has 56 valence electrons. The zero-order valence-corrected chi connectivity index (χ0v) is 5.57. The van der Waals surface area contributed by atoms with Crippen LogP contribution in [0.5, 0.6) is 0 Å². The van der Waals surface area contributed by atoms with Crippen molar-refractivity contribution in [3.63, 3.8) is 0 Å². The van der Waals surface area contributed by atoms with E-state index in [1.54, 1.807) is 0 Å². The maximum atomic E-state index is 10.7. The van der Waals surface area contributed by atoms with Crippen LogP contribution < -0.4 is 5.69 Å². The Morgan fingerprint density at radius 3 is 2.91 bits per heavy atom. The van der Waals surface area contributed by atoms with Gasteiger partial charge in [0.05, 0.1) is 5.56 Å². The van der Waals surface area contributed by atoms with E-state index in [1.165, 1.54) is 6.20 Å². The van der Waals surface area contributed by atoms with Gasteiger partial charge in [-0.15, -0.1) is 0 Å². The lowest BCUT2D eigenvalue weighted by Gasteiger charge is -1.89. The number of aliphatic imine (C=N–C) groups is 1. The van der Waals surface area contributed by atoms with E-state index in [2.05, 4.69) is 21.7 Å². The molecule has 0 atom stereocenters. The van der Waals surface area contributed by atoms with Gasteiger partial charge in [-0.1, -0.05) is 0 Å². The second-order valence-electron chi connectivity index (χ2n) is 1.77. The molecular formula is C6H5N3O2. The molecular weight excluding hydrogens is 146 g/mol. The second kappa shape index (κ2) is 2.87. The lowest BCUT2D eigenvalue weighted by Crippen LogP contribution is -2.10. The predicted octanol–water partition coefficient (Wildman–Crippen LogP) is -0.389. The third-order valence-corrected chi connectivity index (χ3v) is 1.06. The summed E-state index contributed by atoms with van der Waals surface area (Å²) < 4.78 is 0. The van der Waals surface area contributed by atoms with Gasteiger partial charge in [0.15, 0.2) is 0 Å². The summed E-state index contributed by atoms with van der Waals surface area (Å²) in [5.41, 5.74) is -0.273. The Labute approximate surface area is 61.8 Å². The number of aromatic nitrogens is 2. The minimum absolute atomic E-state index is 0.222. The highest BCUT2D eigenvalue weighted by atomic mass is 16.1. The SMILES string of the molecule is C=NC(=O)c1cnc(=O)[nH]c1. The van der Waals surface area contributed by atoms with Gasteiger partial charge in [-0.25, -0.2) is 14.8 Å². The van der Waals surface area contributed by atoms with Gasteiger partial charge in [0.25, 0.3) is 5.91 Å². The lowest BCUT2D eigenvalue weighted by molar-refractivity contribution is 0.100. The van der Waals surface area contributed by atoms with Crippen molar-refractivity contribution in [3.8, 4) is 0 Å². The Bertz CT molecular complexity index is 321. The fourth-order valence-corrected chi connectivity index (χ4v) is 0.550. The fourth-order valence-electron chi connectivity index (χ4n) is 0.550. The highest BCUT2D eigenvalue weighted by molar-refractivity contribution is 5.96. The zero-order valence-electron chi connectivity index (χ0n) is 5.57. The first-order valence-electron chi connectivity index (χ1n) is 2.80. The van der Waals surface area contributed by atoms with Crippen LogP contribution in [-0.2, 0) is 0 Å². The molecule has 0 aliphatic rings. The summed E-state index contributed by atoms with van der Waals surface area (Å²) in [5, 5.41) is 0. The third kappa shape index (κ3) is 1.57. The molecule has 0 bridgehead atoms. The predicted molar refractivity (Wildman–Crippen MR) is 38.7 cm³/mol. The summed E-state index contributed by atoms with van der Waals surface area (Å²) in [5.74, 6) is -0.506. The Kier molecular flexibility index (Phi) is 1.91. The van der Waals surface area contributed by atoms with Gasteiger partial charge in [-0.2, -0.15) is 0 Å². The molecule has 1 rings (SSSR count). The van der Waals surface area contributed by atoms with Crippen LogP contribution in [-0.4, -0.2) is 22.6 Å². The molecule has 5 nitrogen and oxygen atoms in total. The monoisotopic (exact) mass is 151 g/mol. The molecule has 0 aliphatic carbocycles. The topological polar surface area (TPSA) is 75.2 Å². The van der Waals surface area contributed by atoms with Crippen molar-refractivity contribution < 1.29 is 4.79 Å². The smallest absolute Gasteiger partial charge is 0.312 e. The van der Waals surface area contributed by atoms with Crippen molar-refractivity contribution in [2.75, 3.05) is 0 Å². The molecule has 5 heteroatoms. The Morgan fingerprint density at radius 2 is 2.45 bits per heavy atom. The quantitative estimate of drug-likeness (QED) is 0.555. The van der Waals surface area contributed by atoms with E-state index in [9.17, 15) is 9.59 Å². The summed E-state index contributed by atoms with van der Waals surface area (Å²) in [7, 11) is 0. The van der Waals surface area contributed by atoms with Crippen LogP contribution in [0.1, 0.15) is 10.4 Å². The number of carbonyl (C=O) groups is 1. The summed E-state index contributed by atoms with van der Waals surface area (Å²) >= 11 is 0. The van der Waals surface area contributed by atoms with E-state index in [0.29, 0.717) is 0 Å². The molecule has 0 saturated carbocycles. The fraction of sp³-hybridized carbons (Fsp3) is 0. The van der Waals surface area contributed by atoms with E-state index in [0.717, 1.165) is 6.20 Å². The molecule has 0 aromatic carbocycles. The molecule has 0 saturated heterocycles. The maximum Gasteiger partial charge on any atom is 0.344 e. The van der Waals surface area contributed by atoms with Crippen molar-refractivity contribution >= 4 is 12.6 Å². The molecule has 1 aromatic rings. The van der Waals surface area contributed by atoms with Gasteiger partial charge in [0.1, 0.15) is 0 Å². The molecule has 0 fully saturated rings. The van der Waals surface area contributed by atoms with Crippen LogP contribution in [0, 0.1) is 0 Å². The Hall–Kier alpha value is -1.78. The van der Waals surface area contributed by atoms with E-state index in [1.807, 2.05) is 0 Å². The van der Waals surface area contributed by atoms with Crippen LogP contribution in [0.4, 0.5) is 0 Å². The van der Waals surface area contributed by atoms with Crippen LogP contribution in [0.3, 0.4) is 0 Å². The molecule has 11 heavy (non-hydrogen) atoms. The molecule has 0 spiro atoms. The third-order valence-electron chi connectivity index (χ3n) is 1.06. The number of aromatic amines is 1. The van der Waals surface area contributed by atoms with Crippen molar-refractivity contribution in [2.24, 2.45) is 4.99 Å². The first kappa shape index (κ1) is 7.33. The second-order valence-corrected chi connectivity index (χ2v) is 1.77. The summed E-state index contributed by atoms with van der Waals surface area (Å²) in [6.45, 7) is 3.04. The van der Waals surface area contributed by atoms with E-state index in [4.69, 9.17) is 0 Å². The van der Waals surface area contributed by atoms with E-state index in [-0.39, 0.29) is 5.56 Å². The van der Waals surface area contributed by atoms with Crippen LogP contribution in [0.2, 0.25) is 0 Å². The molecule has 1 N–H and O–H groups in total. The lowest BCUT2D eigenvalue weighted by atomic mass is 10.3. The zero-order chi connectivity index (χ0) is 8.27.